The van der Waals surface area contributed by atoms with E-state index in [2.05, 4.69) is 19.2 Å². The highest BCUT2D eigenvalue weighted by Gasteiger charge is 2.38. The van der Waals surface area contributed by atoms with Gasteiger partial charge in [-0.2, -0.15) is 0 Å². The molecule has 1 heterocycles. The minimum Gasteiger partial charge on any atom is -0.379 e. The van der Waals surface area contributed by atoms with Gasteiger partial charge in [0.25, 0.3) is 0 Å². The molecule has 0 aromatic rings. The molecule has 1 rings (SSSR count). The van der Waals surface area contributed by atoms with E-state index in [-0.39, 0.29) is 11.9 Å². The Balaban J connectivity index is 2.49. The van der Waals surface area contributed by atoms with Crippen LogP contribution in [0.15, 0.2) is 0 Å². The summed E-state index contributed by atoms with van der Waals surface area (Å²) in [7, 11) is 0. The van der Waals surface area contributed by atoms with Gasteiger partial charge in [0.15, 0.2) is 0 Å². The molecule has 1 amide bonds. The first kappa shape index (κ1) is 11.5. The summed E-state index contributed by atoms with van der Waals surface area (Å²) in [6.07, 6.45) is 0.615. The molecule has 0 aromatic carbocycles. The van der Waals surface area contributed by atoms with Crippen molar-refractivity contribution in [2.45, 2.75) is 38.8 Å². The first-order chi connectivity index (χ1) is 6.46. The fraction of sp³-hybridized carbons (Fsp3) is 0.900. The van der Waals surface area contributed by atoms with E-state index in [4.69, 9.17) is 10.5 Å². The highest BCUT2D eigenvalue weighted by atomic mass is 16.5. The Labute approximate surface area is 85.2 Å². The first-order valence-electron chi connectivity index (χ1n) is 5.13. The molecule has 0 aromatic heterocycles. The van der Waals surface area contributed by atoms with Crippen LogP contribution in [0.25, 0.3) is 0 Å². The smallest absolute Gasteiger partial charge is 0.242 e. The molecular weight excluding hydrogens is 180 g/mol. The average molecular weight is 200 g/mol. The normalized spacial score (nSPS) is 29.2. The topological polar surface area (TPSA) is 64.4 Å². The van der Waals surface area contributed by atoms with Crippen molar-refractivity contribution in [1.29, 1.82) is 0 Å². The summed E-state index contributed by atoms with van der Waals surface area (Å²) < 4.78 is 5.14. The molecule has 0 bridgehead atoms. The fourth-order valence-corrected chi connectivity index (χ4v) is 1.28. The summed E-state index contributed by atoms with van der Waals surface area (Å²) >= 11 is 0. The minimum absolute atomic E-state index is 0.0869. The number of carbonyl (C=O) groups excluding carboxylic acids is 1. The summed E-state index contributed by atoms with van der Waals surface area (Å²) in [5.41, 5.74) is 5.11. The van der Waals surface area contributed by atoms with Crippen LogP contribution in [-0.2, 0) is 9.53 Å². The van der Waals surface area contributed by atoms with Crippen molar-refractivity contribution in [3.63, 3.8) is 0 Å². The Morgan fingerprint density at radius 3 is 2.57 bits per heavy atom. The number of nitrogens with two attached hydrogens (primary N) is 1. The maximum absolute atomic E-state index is 11.8. The van der Waals surface area contributed by atoms with Crippen LogP contribution < -0.4 is 11.1 Å². The fourth-order valence-electron chi connectivity index (χ4n) is 1.28. The molecule has 2 unspecified atom stereocenters. The average Bonchev–Trinajstić information content (AvgIpc) is 2.53. The van der Waals surface area contributed by atoms with Gasteiger partial charge < -0.3 is 15.8 Å². The zero-order chi connectivity index (χ0) is 10.8. The molecule has 4 nitrogen and oxygen atoms in total. The zero-order valence-electron chi connectivity index (χ0n) is 9.17. The molecular formula is C10H20N2O2. The van der Waals surface area contributed by atoms with Crippen LogP contribution in [0.1, 0.15) is 27.2 Å². The van der Waals surface area contributed by atoms with Crippen LogP contribution in [0.4, 0.5) is 0 Å². The summed E-state index contributed by atoms with van der Waals surface area (Å²) in [4.78, 5) is 11.8. The second-order valence-corrected chi connectivity index (χ2v) is 4.46. The minimum atomic E-state index is -0.802. The number of ether oxygens (including phenoxy) is 1. The van der Waals surface area contributed by atoms with Crippen molar-refractivity contribution in [1.82, 2.24) is 5.32 Å². The third kappa shape index (κ3) is 2.45. The van der Waals surface area contributed by atoms with E-state index in [1.54, 1.807) is 0 Å². The number of nitrogens with one attached hydrogen (secondary N) is 1. The van der Waals surface area contributed by atoms with E-state index in [0.717, 1.165) is 0 Å². The Kier molecular flexibility index (Phi) is 3.50. The summed E-state index contributed by atoms with van der Waals surface area (Å²) in [5.74, 6) is 0.334. The molecule has 14 heavy (non-hydrogen) atoms. The first-order valence-corrected chi connectivity index (χ1v) is 5.13. The lowest BCUT2D eigenvalue weighted by atomic mass is 9.97. The summed E-state index contributed by atoms with van der Waals surface area (Å²) in [6.45, 7) is 7.05. The van der Waals surface area contributed by atoms with Crippen LogP contribution >= 0.6 is 0 Å². The molecule has 1 saturated heterocycles. The van der Waals surface area contributed by atoms with Gasteiger partial charge in [-0.1, -0.05) is 13.8 Å². The van der Waals surface area contributed by atoms with Crippen molar-refractivity contribution in [3.8, 4) is 0 Å². The van der Waals surface area contributed by atoms with Crippen molar-refractivity contribution >= 4 is 5.91 Å². The lowest BCUT2D eigenvalue weighted by Crippen LogP contribution is -2.56. The highest BCUT2D eigenvalue weighted by molar-refractivity contribution is 5.86. The molecule has 0 aliphatic carbocycles. The van der Waals surface area contributed by atoms with Gasteiger partial charge in [-0.25, -0.2) is 0 Å². The van der Waals surface area contributed by atoms with Crippen molar-refractivity contribution in [3.05, 3.63) is 0 Å². The highest BCUT2D eigenvalue weighted by Crippen LogP contribution is 2.16. The number of rotatable bonds is 3. The van der Waals surface area contributed by atoms with Crippen molar-refractivity contribution in [2.24, 2.45) is 11.7 Å². The van der Waals surface area contributed by atoms with Crippen LogP contribution in [0, 0.1) is 5.92 Å². The van der Waals surface area contributed by atoms with E-state index < -0.39 is 5.54 Å². The van der Waals surface area contributed by atoms with Gasteiger partial charge in [0.1, 0.15) is 5.54 Å². The van der Waals surface area contributed by atoms with Gasteiger partial charge in [0.05, 0.1) is 6.61 Å². The number of hydrogen-bond acceptors (Lipinski definition) is 3. The van der Waals surface area contributed by atoms with Crippen molar-refractivity contribution in [2.75, 3.05) is 13.2 Å². The monoisotopic (exact) mass is 200 g/mol. The molecule has 0 spiro atoms. The predicted octanol–water partition coefficient (Wildman–Crippen LogP) is 0.265. The van der Waals surface area contributed by atoms with E-state index in [9.17, 15) is 4.79 Å². The summed E-state index contributed by atoms with van der Waals surface area (Å²) in [5, 5.41) is 2.92. The van der Waals surface area contributed by atoms with E-state index in [1.807, 2.05) is 6.92 Å². The molecule has 82 valence electrons. The number of carbonyl (C=O) groups is 1. The van der Waals surface area contributed by atoms with Crippen LogP contribution in [0.3, 0.4) is 0 Å². The molecule has 1 fully saturated rings. The van der Waals surface area contributed by atoms with Gasteiger partial charge in [-0.15, -0.1) is 0 Å². The second kappa shape index (κ2) is 4.28. The predicted molar refractivity (Wildman–Crippen MR) is 54.8 cm³/mol. The molecule has 0 saturated carbocycles. The van der Waals surface area contributed by atoms with E-state index >= 15 is 0 Å². The third-order valence-electron chi connectivity index (χ3n) is 2.86. The Bertz CT molecular complexity index is 210. The third-order valence-corrected chi connectivity index (χ3v) is 2.86. The Morgan fingerprint density at radius 1 is 1.50 bits per heavy atom. The Hall–Kier alpha value is -0.610. The lowest BCUT2D eigenvalue weighted by molar-refractivity contribution is -0.127. The maximum atomic E-state index is 11.8. The van der Waals surface area contributed by atoms with Crippen LogP contribution in [0.5, 0.6) is 0 Å². The molecule has 4 heteroatoms. The van der Waals surface area contributed by atoms with E-state index in [1.165, 1.54) is 0 Å². The van der Waals surface area contributed by atoms with Gasteiger partial charge in [0, 0.05) is 12.6 Å². The van der Waals surface area contributed by atoms with Crippen molar-refractivity contribution < 1.29 is 9.53 Å². The SMILES string of the molecule is CC(C)C(C)NC(=O)C1(N)CCOC1. The van der Waals surface area contributed by atoms with Gasteiger partial charge in [0.2, 0.25) is 5.91 Å². The zero-order valence-corrected chi connectivity index (χ0v) is 9.17. The standard InChI is InChI=1S/C10H20N2O2/c1-7(2)8(3)12-9(13)10(11)4-5-14-6-10/h7-8H,4-6,11H2,1-3H3,(H,12,13). The largest absolute Gasteiger partial charge is 0.379 e. The quantitative estimate of drug-likeness (QED) is 0.687. The summed E-state index contributed by atoms with van der Waals surface area (Å²) in [6, 6.07) is 0.156. The Morgan fingerprint density at radius 2 is 2.14 bits per heavy atom. The molecule has 1 aliphatic rings. The van der Waals surface area contributed by atoms with Gasteiger partial charge >= 0.3 is 0 Å². The second-order valence-electron chi connectivity index (χ2n) is 4.46. The number of hydrogen-bond donors (Lipinski definition) is 2. The van der Waals surface area contributed by atoms with Gasteiger partial charge in [-0.05, 0) is 19.3 Å². The van der Waals surface area contributed by atoms with Crippen LogP contribution in [0.2, 0.25) is 0 Å². The molecule has 1 aliphatic heterocycles. The number of amides is 1. The maximum Gasteiger partial charge on any atom is 0.242 e. The molecule has 3 N–H and O–H groups in total. The molecule has 2 atom stereocenters. The van der Waals surface area contributed by atoms with Gasteiger partial charge in [-0.3, -0.25) is 4.79 Å². The van der Waals surface area contributed by atoms with Crippen LogP contribution in [-0.4, -0.2) is 30.7 Å². The lowest BCUT2D eigenvalue weighted by Gasteiger charge is -2.25. The molecule has 0 radical (unpaired) electrons. The van der Waals surface area contributed by atoms with E-state index in [0.29, 0.717) is 25.6 Å².